The summed E-state index contributed by atoms with van der Waals surface area (Å²) in [7, 11) is 0. The van der Waals surface area contributed by atoms with Crippen molar-refractivity contribution >= 4 is 29.5 Å². The molecule has 2 bridgehead atoms. The van der Waals surface area contributed by atoms with Gasteiger partial charge in [0.15, 0.2) is 0 Å². The first-order chi connectivity index (χ1) is 21.3. The van der Waals surface area contributed by atoms with Gasteiger partial charge in [0.05, 0.1) is 11.3 Å². The average molecular weight is 591 g/mol. The molecular weight excluding hydrogens is 548 g/mol. The van der Waals surface area contributed by atoms with E-state index < -0.39 is 11.9 Å². The fourth-order valence-electron chi connectivity index (χ4n) is 7.38. The molecule has 2 heterocycles. The van der Waals surface area contributed by atoms with Crippen LogP contribution in [0.4, 0.5) is 5.69 Å². The van der Waals surface area contributed by atoms with Gasteiger partial charge >= 0.3 is 5.97 Å². The monoisotopic (exact) mass is 590 g/mol. The van der Waals surface area contributed by atoms with E-state index >= 15 is 0 Å². The summed E-state index contributed by atoms with van der Waals surface area (Å²) in [6.45, 7) is 6.97. The molecule has 0 aromatic heterocycles. The first-order valence-electron chi connectivity index (χ1n) is 16.0. The quantitative estimate of drug-likeness (QED) is 0.201. The van der Waals surface area contributed by atoms with Gasteiger partial charge in [-0.15, -0.1) is 0 Å². The highest BCUT2D eigenvalue weighted by atomic mass is 16.5. The van der Waals surface area contributed by atoms with Crippen molar-refractivity contribution in [3.8, 4) is 0 Å². The van der Waals surface area contributed by atoms with Gasteiger partial charge in [0.1, 0.15) is 6.61 Å². The van der Waals surface area contributed by atoms with Crippen LogP contribution in [-0.2, 0) is 20.7 Å². The average Bonchev–Trinajstić information content (AvgIpc) is 3.28. The second-order valence-electron chi connectivity index (χ2n) is 13.0. The summed E-state index contributed by atoms with van der Waals surface area (Å²) in [5.41, 5.74) is 5.42. The van der Waals surface area contributed by atoms with Gasteiger partial charge in [-0.3, -0.25) is 9.59 Å². The second kappa shape index (κ2) is 12.9. The zero-order chi connectivity index (χ0) is 30.7. The summed E-state index contributed by atoms with van der Waals surface area (Å²) in [5.74, 6) is -1.03. The summed E-state index contributed by atoms with van der Waals surface area (Å²) in [6.07, 6.45) is 7.78. The number of carbonyl (C=O) groups is 3. The number of amides is 2. The van der Waals surface area contributed by atoms with Crippen LogP contribution in [0.1, 0.15) is 66.1 Å². The van der Waals surface area contributed by atoms with Gasteiger partial charge < -0.3 is 9.64 Å². The molecule has 3 aliphatic rings. The third-order valence-electron chi connectivity index (χ3n) is 9.66. The van der Waals surface area contributed by atoms with E-state index in [1.54, 1.807) is 31.2 Å². The van der Waals surface area contributed by atoms with Crippen LogP contribution >= 0.6 is 0 Å². The summed E-state index contributed by atoms with van der Waals surface area (Å²) in [5, 5.41) is 0. The topological polar surface area (TPSA) is 66.9 Å². The van der Waals surface area contributed by atoms with Crippen LogP contribution in [0.3, 0.4) is 0 Å². The first kappa shape index (κ1) is 30.0. The molecule has 6 heteroatoms. The molecule has 6 nitrogen and oxygen atoms in total. The molecule has 6 rings (SSSR count). The Morgan fingerprint density at radius 1 is 1.00 bits per heavy atom. The number of para-hydroxylation sites is 1. The fraction of sp³-hybridized carbons (Fsp3) is 0.395. The van der Waals surface area contributed by atoms with E-state index in [4.69, 9.17) is 4.74 Å². The second-order valence-corrected chi connectivity index (χ2v) is 13.0. The summed E-state index contributed by atoms with van der Waals surface area (Å²) in [6, 6.07) is 26.1. The number of ether oxygens (including phenoxy) is 1. The molecule has 44 heavy (non-hydrogen) atoms. The molecule has 2 aliphatic heterocycles. The number of anilines is 1. The smallest absolute Gasteiger partial charge is 0.340 e. The van der Waals surface area contributed by atoms with Crippen molar-refractivity contribution in [1.29, 1.82) is 0 Å². The van der Waals surface area contributed by atoms with Crippen molar-refractivity contribution in [2.45, 2.75) is 52.4 Å². The lowest BCUT2D eigenvalue weighted by molar-refractivity contribution is -0.122. The molecule has 0 radical (unpaired) electrons. The summed E-state index contributed by atoms with van der Waals surface area (Å²) < 4.78 is 6.20. The Balaban J connectivity index is 1.25. The molecule has 3 aromatic rings. The van der Waals surface area contributed by atoms with Crippen LogP contribution in [0.25, 0.3) is 6.08 Å². The maximum absolute atomic E-state index is 13.7. The van der Waals surface area contributed by atoms with E-state index in [2.05, 4.69) is 72.5 Å². The van der Waals surface area contributed by atoms with Crippen molar-refractivity contribution in [2.75, 3.05) is 31.1 Å². The van der Waals surface area contributed by atoms with Crippen LogP contribution in [-0.4, -0.2) is 48.9 Å². The van der Waals surface area contributed by atoms with Crippen molar-refractivity contribution in [3.63, 3.8) is 0 Å². The number of hydrogen-bond acceptors (Lipinski definition) is 5. The molecule has 0 spiro atoms. The number of rotatable bonds is 9. The lowest BCUT2D eigenvalue weighted by atomic mass is 9.62. The normalized spacial score (nSPS) is 24.6. The van der Waals surface area contributed by atoms with E-state index in [-0.39, 0.29) is 35.8 Å². The number of carbonyl (C=O) groups excluding carboxylic acids is 3. The Bertz CT molecular complexity index is 1550. The molecule has 228 valence electrons. The number of benzene rings is 3. The van der Waals surface area contributed by atoms with E-state index in [1.807, 2.05) is 0 Å². The largest absolute Gasteiger partial charge is 0.461 e. The third-order valence-corrected chi connectivity index (χ3v) is 9.66. The minimum Gasteiger partial charge on any atom is -0.461 e. The number of aryl methyl sites for hydroxylation is 2. The molecule has 0 N–H and O–H groups in total. The number of imide groups is 1. The number of fused-ring (bicyclic) bond motifs is 2. The third kappa shape index (κ3) is 6.27. The van der Waals surface area contributed by atoms with Gasteiger partial charge in [-0.05, 0) is 68.3 Å². The number of likely N-dealkylation sites (tertiary alicyclic amines) is 1. The molecule has 1 aliphatic carbocycles. The van der Waals surface area contributed by atoms with Gasteiger partial charge in [-0.1, -0.05) is 97.3 Å². The minimum atomic E-state index is -0.492. The van der Waals surface area contributed by atoms with Crippen molar-refractivity contribution in [1.82, 2.24) is 4.90 Å². The van der Waals surface area contributed by atoms with Crippen molar-refractivity contribution < 1.29 is 19.1 Å². The Hall–Kier alpha value is -4.03. The zero-order valence-electron chi connectivity index (χ0n) is 25.8. The van der Waals surface area contributed by atoms with Gasteiger partial charge in [-0.2, -0.15) is 0 Å². The molecule has 1 saturated carbocycles. The molecule has 1 unspecified atom stereocenters. The van der Waals surface area contributed by atoms with Crippen LogP contribution in [0, 0.1) is 24.2 Å². The number of hydrogen-bond donors (Lipinski definition) is 0. The molecule has 2 amide bonds. The molecular formula is C38H42N2O4. The Labute approximate surface area is 260 Å². The van der Waals surface area contributed by atoms with Gasteiger partial charge in [-0.25, -0.2) is 9.69 Å². The molecule has 2 saturated heterocycles. The molecule has 3 aromatic carbocycles. The van der Waals surface area contributed by atoms with E-state index in [0.29, 0.717) is 11.6 Å². The maximum Gasteiger partial charge on any atom is 0.340 e. The van der Waals surface area contributed by atoms with Crippen molar-refractivity contribution in [2.24, 2.45) is 17.3 Å². The van der Waals surface area contributed by atoms with Gasteiger partial charge in [0.25, 0.3) is 0 Å². The Kier molecular flexibility index (Phi) is 8.81. The van der Waals surface area contributed by atoms with E-state index in [9.17, 15) is 14.4 Å². The van der Waals surface area contributed by atoms with Crippen LogP contribution in [0.5, 0.6) is 0 Å². The van der Waals surface area contributed by atoms with E-state index in [1.165, 1.54) is 22.3 Å². The summed E-state index contributed by atoms with van der Waals surface area (Å²) in [4.78, 5) is 43.0. The summed E-state index contributed by atoms with van der Waals surface area (Å²) >= 11 is 0. The van der Waals surface area contributed by atoms with Crippen LogP contribution in [0.15, 0.2) is 84.4 Å². The predicted octanol–water partition coefficient (Wildman–Crippen LogP) is 6.87. The fourth-order valence-corrected chi connectivity index (χ4v) is 7.38. The highest BCUT2D eigenvalue weighted by Gasteiger charge is 2.47. The van der Waals surface area contributed by atoms with E-state index in [0.717, 1.165) is 56.6 Å². The SMILES string of the molecule is Cc1ccc(C=C2[C@@H]3CCC[C@@]2(COC(=O)c2ccccc2N2C(=O)CC(C)C2=O)CN(CCCc2ccccc2)C3)cc1. The lowest BCUT2D eigenvalue weighted by Gasteiger charge is -2.51. The molecule has 3 fully saturated rings. The Morgan fingerprint density at radius 2 is 1.75 bits per heavy atom. The van der Waals surface area contributed by atoms with Gasteiger partial charge in [0, 0.05) is 30.8 Å². The standard InChI is InChI=1S/C38H42N2O4/c1-27-16-18-30(19-17-27)23-33-31-13-8-20-38(33,25-39(24-31)21-9-12-29-10-4-3-5-11-29)26-44-37(43)32-14-6-7-15-34(32)40-35(41)22-28(2)36(40)42/h3-7,10-11,14-19,23,28,31H,8-9,12-13,20-22,24-26H2,1-2H3/t28?,31-,38+/m1/s1. The Morgan fingerprint density at radius 3 is 2.50 bits per heavy atom. The lowest BCUT2D eigenvalue weighted by Crippen LogP contribution is -2.53. The minimum absolute atomic E-state index is 0.153. The highest BCUT2D eigenvalue weighted by Crippen LogP contribution is 2.49. The van der Waals surface area contributed by atoms with Gasteiger partial charge in [0.2, 0.25) is 11.8 Å². The van der Waals surface area contributed by atoms with Crippen LogP contribution in [0.2, 0.25) is 0 Å². The maximum atomic E-state index is 13.7. The number of esters is 1. The number of nitrogens with zero attached hydrogens (tertiary/aromatic N) is 2. The zero-order valence-corrected chi connectivity index (χ0v) is 25.8. The predicted molar refractivity (Wildman–Crippen MR) is 173 cm³/mol. The first-order valence-corrected chi connectivity index (χ1v) is 16.0. The highest BCUT2D eigenvalue weighted by molar-refractivity contribution is 6.22. The molecule has 3 atom stereocenters. The number of piperidine rings is 1. The van der Waals surface area contributed by atoms with Crippen LogP contribution < -0.4 is 4.90 Å². The van der Waals surface area contributed by atoms with Crippen molar-refractivity contribution in [3.05, 3.63) is 107 Å².